The minimum absolute atomic E-state index is 0.0548. The van der Waals surface area contributed by atoms with Crippen molar-refractivity contribution >= 4 is 17.2 Å². The highest BCUT2D eigenvalue weighted by Crippen LogP contribution is 2.21. The van der Waals surface area contributed by atoms with Crippen molar-refractivity contribution in [3.8, 4) is 0 Å². The van der Waals surface area contributed by atoms with Crippen molar-refractivity contribution in [2.75, 3.05) is 6.61 Å². The van der Waals surface area contributed by atoms with Gasteiger partial charge in [0.25, 0.3) is 0 Å². The molecule has 0 saturated heterocycles. The average Bonchev–Trinajstić information content (AvgIpc) is 3.17. The summed E-state index contributed by atoms with van der Waals surface area (Å²) in [5.74, 6) is 0.881. The van der Waals surface area contributed by atoms with E-state index in [0.29, 0.717) is 18.1 Å². The van der Waals surface area contributed by atoms with Crippen LogP contribution in [0.3, 0.4) is 0 Å². The summed E-state index contributed by atoms with van der Waals surface area (Å²) in [5, 5.41) is 10.4. The first kappa shape index (κ1) is 17.0. The van der Waals surface area contributed by atoms with E-state index >= 15 is 0 Å². The smallest absolute Gasteiger partial charge is 0.137 e. The fraction of sp³-hybridized carbons (Fsp3) is 0.389. The third-order valence-electron chi connectivity index (χ3n) is 4.37. The summed E-state index contributed by atoms with van der Waals surface area (Å²) >= 11 is 6.15. The van der Waals surface area contributed by atoms with Crippen LogP contribution in [0.4, 0.5) is 0 Å². The van der Waals surface area contributed by atoms with Crippen LogP contribution in [0.5, 0.6) is 0 Å². The zero-order valence-electron chi connectivity index (χ0n) is 13.9. The first-order valence-electron chi connectivity index (χ1n) is 8.12. The second-order valence-electron chi connectivity index (χ2n) is 5.95. The maximum absolute atomic E-state index is 9.76. The Morgan fingerprint density at radius 2 is 2.17 bits per heavy atom. The second kappa shape index (κ2) is 7.38. The summed E-state index contributed by atoms with van der Waals surface area (Å²) in [5.41, 5.74) is 2.92. The number of aryl methyl sites for hydroxylation is 1. The van der Waals surface area contributed by atoms with Gasteiger partial charge in [0.05, 0.1) is 35.8 Å². The molecule has 3 heterocycles. The molecule has 0 radical (unpaired) electrons. The van der Waals surface area contributed by atoms with E-state index in [9.17, 15) is 5.11 Å². The zero-order chi connectivity index (χ0) is 17.1. The molecule has 0 fully saturated rings. The number of rotatable bonds is 7. The van der Waals surface area contributed by atoms with Crippen molar-refractivity contribution in [3.63, 3.8) is 0 Å². The van der Waals surface area contributed by atoms with Gasteiger partial charge in [0, 0.05) is 18.8 Å². The maximum atomic E-state index is 9.76. The van der Waals surface area contributed by atoms with Gasteiger partial charge >= 0.3 is 0 Å². The maximum Gasteiger partial charge on any atom is 0.137 e. The first-order valence-corrected chi connectivity index (χ1v) is 8.50. The second-order valence-corrected chi connectivity index (χ2v) is 6.38. The Hall–Kier alpha value is -1.82. The van der Waals surface area contributed by atoms with Gasteiger partial charge in [-0.1, -0.05) is 18.5 Å². The molecule has 0 aliphatic rings. The van der Waals surface area contributed by atoms with Crippen molar-refractivity contribution in [1.82, 2.24) is 14.3 Å². The van der Waals surface area contributed by atoms with Gasteiger partial charge in [0.1, 0.15) is 11.4 Å². The molecule has 3 aromatic heterocycles. The SMILES string of the molecule is CC[C@@H](CO)N(Cc1ccco1)Cc1c(C)nc2ccc(Cl)cn12. The molecule has 128 valence electrons. The van der Waals surface area contributed by atoms with Crippen LogP contribution >= 0.6 is 11.6 Å². The summed E-state index contributed by atoms with van der Waals surface area (Å²) in [6, 6.07) is 7.65. The summed E-state index contributed by atoms with van der Waals surface area (Å²) in [7, 11) is 0. The van der Waals surface area contributed by atoms with E-state index in [4.69, 9.17) is 16.0 Å². The van der Waals surface area contributed by atoms with Gasteiger partial charge in [-0.25, -0.2) is 4.98 Å². The van der Waals surface area contributed by atoms with E-state index in [1.165, 1.54) is 0 Å². The minimum Gasteiger partial charge on any atom is -0.468 e. The van der Waals surface area contributed by atoms with Crippen molar-refractivity contribution < 1.29 is 9.52 Å². The number of nitrogens with zero attached hydrogens (tertiary/aromatic N) is 3. The fourth-order valence-corrected chi connectivity index (χ4v) is 3.15. The van der Waals surface area contributed by atoms with Crippen LogP contribution in [0.2, 0.25) is 5.02 Å². The number of aliphatic hydroxyl groups excluding tert-OH is 1. The predicted octanol–water partition coefficient (Wildman–Crippen LogP) is 3.66. The molecule has 0 aromatic carbocycles. The van der Waals surface area contributed by atoms with Crippen LogP contribution < -0.4 is 0 Å². The Kier molecular flexibility index (Phi) is 5.23. The molecule has 1 atom stereocenters. The zero-order valence-corrected chi connectivity index (χ0v) is 14.7. The lowest BCUT2D eigenvalue weighted by atomic mass is 10.1. The third kappa shape index (κ3) is 3.48. The highest BCUT2D eigenvalue weighted by Gasteiger charge is 2.21. The molecule has 3 aromatic rings. The molecule has 24 heavy (non-hydrogen) atoms. The van der Waals surface area contributed by atoms with Gasteiger partial charge in [-0.15, -0.1) is 0 Å². The monoisotopic (exact) mass is 347 g/mol. The van der Waals surface area contributed by atoms with E-state index < -0.39 is 0 Å². The molecular weight excluding hydrogens is 326 g/mol. The number of halogens is 1. The number of fused-ring (bicyclic) bond motifs is 1. The lowest BCUT2D eigenvalue weighted by molar-refractivity contribution is 0.0983. The molecule has 0 spiro atoms. The summed E-state index contributed by atoms with van der Waals surface area (Å²) in [6.07, 6.45) is 4.41. The lowest BCUT2D eigenvalue weighted by Gasteiger charge is -2.29. The topological polar surface area (TPSA) is 53.9 Å². The predicted molar refractivity (Wildman–Crippen MR) is 94.1 cm³/mol. The quantitative estimate of drug-likeness (QED) is 0.708. The number of furan rings is 1. The average molecular weight is 348 g/mol. The Morgan fingerprint density at radius 3 is 2.83 bits per heavy atom. The molecule has 0 saturated carbocycles. The van der Waals surface area contributed by atoms with E-state index in [2.05, 4.69) is 16.8 Å². The first-order chi connectivity index (χ1) is 11.6. The summed E-state index contributed by atoms with van der Waals surface area (Å²) in [4.78, 5) is 6.83. The van der Waals surface area contributed by atoms with Gasteiger partial charge in [-0.3, -0.25) is 4.90 Å². The Morgan fingerprint density at radius 1 is 1.33 bits per heavy atom. The third-order valence-corrected chi connectivity index (χ3v) is 4.60. The van der Waals surface area contributed by atoms with Crippen LogP contribution in [0.25, 0.3) is 5.65 Å². The van der Waals surface area contributed by atoms with E-state index in [0.717, 1.165) is 29.2 Å². The van der Waals surface area contributed by atoms with Crippen molar-refractivity contribution in [3.05, 3.63) is 58.9 Å². The number of hydrogen-bond acceptors (Lipinski definition) is 4. The Bertz CT molecular complexity index is 794. The van der Waals surface area contributed by atoms with Crippen LogP contribution in [0, 0.1) is 6.92 Å². The number of hydrogen-bond donors (Lipinski definition) is 1. The Labute approximate surface area is 146 Å². The summed E-state index contributed by atoms with van der Waals surface area (Å²) < 4.78 is 7.52. The van der Waals surface area contributed by atoms with Crippen LogP contribution in [-0.2, 0) is 13.1 Å². The molecule has 3 rings (SSSR count). The van der Waals surface area contributed by atoms with Crippen LogP contribution in [-0.4, -0.2) is 32.0 Å². The van der Waals surface area contributed by atoms with E-state index in [1.54, 1.807) is 6.26 Å². The number of aromatic nitrogens is 2. The minimum atomic E-state index is 0.0548. The molecule has 0 aliphatic carbocycles. The highest BCUT2D eigenvalue weighted by molar-refractivity contribution is 6.30. The number of aliphatic hydroxyl groups is 1. The lowest BCUT2D eigenvalue weighted by Crippen LogP contribution is -2.37. The molecule has 1 N–H and O–H groups in total. The van der Waals surface area contributed by atoms with Crippen molar-refractivity contribution in [1.29, 1.82) is 0 Å². The number of imidazole rings is 1. The fourth-order valence-electron chi connectivity index (χ4n) is 2.99. The van der Waals surface area contributed by atoms with Gasteiger partial charge < -0.3 is 13.9 Å². The van der Waals surface area contributed by atoms with Crippen molar-refractivity contribution in [2.24, 2.45) is 0 Å². The molecule has 0 bridgehead atoms. The molecular formula is C18H22ClN3O2. The van der Waals surface area contributed by atoms with E-state index in [-0.39, 0.29) is 12.6 Å². The standard InChI is InChI=1S/C18H22ClN3O2/c1-3-15(12-23)21(10-16-5-4-8-24-16)11-17-13(2)20-18-7-6-14(19)9-22(17)18/h4-9,15,23H,3,10-12H2,1-2H3/t15-/m0/s1. The largest absolute Gasteiger partial charge is 0.468 e. The molecule has 5 nitrogen and oxygen atoms in total. The molecule has 0 amide bonds. The molecule has 0 aliphatic heterocycles. The van der Waals surface area contributed by atoms with Gasteiger partial charge in [-0.2, -0.15) is 0 Å². The summed E-state index contributed by atoms with van der Waals surface area (Å²) in [6.45, 7) is 5.48. The highest BCUT2D eigenvalue weighted by atomic mass is 35.5. The Balaban J connectivity index is 1.94. The normalized spacial score (nSPS) is 13.0. The molecule has 0 unspecified atom stereocenters. The van der Waals surface area contributed by atoms with Gasteiger partial charge in [-0.05, 0) is 37.6 Å². The van der Waals surface area contributed by atoms with Crippen LogP contribution in [0.15, 0.2) is 41.1 Å². The van der Waals surface area contributed by atoms with Crippen molar-refractivity contribution in [2.45, 2.75) is 39.4 Å². The number of pyridine rings is 1. The van der Waals surface area contributed by atoms with Crippen LogP contribution in [0.1, 0.15) is 30.5 Å². The van der Waals surface area contributed by atoms with Gasteiger partial charge in [0.2, 0.25) is 0 Å². The van der Waals surface area contributed by atoms with Gasteiger partial charge in [0.15, 0.2) is 0 Å². The van der Waals surface area contributed by atoms with E-state index in [1.807, 2.05) is 41.8 Å². The molecule has 6 heteroatoms.